The van der Waals surface area contributed by atoms with E-state index < -0.39 is 0 Å². The minimum Gasteiger partial charge on any atom is -0.483 e. The van der Waals surface area contributed by atoms with Crippen molar-refractivity contribution in [2.45, 2.75) is 13.8 Å². The molecule has 0 bridgehead atoms. The number of nitrogens with one attached hydrogen (secondary N) is 1. The lowest BCUT2D eigenvalue weighted by Gasteiger charge is -2.09. The molecule has 2 aromatic heterocycles. The van der Waals surface area contributed by atoms with Gasteiger partial charge in [-0.1, -0.05) is 18.2 Å². The molecule has 0 atom stereocenters. The van der Waals surface area contributed by atoms with Gasteiger partial charge in [0, 0.05) is 17.0 Å². The summed E-state index contributed by atoms with van der Waals surface area (Å²) < 4.78 is 18.1. The molecule has 0 fully saturated rings. The smallest absolute Gasteiger partial charge is 0.263 e. The Morgan fingerprint density at radius 3 is 2.88 bits per heavy atom. The number of hydrogen-bond donors (Lipinski definition) is 1. The van der Waals surface area contributed by atoms with Gasteiger partial charge in [-0.15, -0.1) is 11.3 Å². The predicted molar refractivity (Wildman–Crippen MR) is 121 cm³/mol. The molecule has 0 unspecified atom stereocenters. The maximum atomic E-state index is 12.5. The Bertz CT molecular complexity index is 1300. The molecule has 1 aliphatic rings. The lowest BCUT2D eigenvalue weighted by molar-refractivity contribution is -0.118. The molecule has 1 aliphatic heterocycles. The van der Waals surface area contributed by atoms with E-state index in [1.807, 2.05) is 61.7 Å². The van der Waals surface area contributed by atoms with Crippen LogP contribution in [0, 0.1) is 13.8 Å². The standard InChI is InChI=1S/C23H20N4O4S/c1-14-5-3-4-6-18(14)29-11-22(28)25-21-9-15(2)26-27(21)23-24-17(12-32-23)16-7-8-19-20(10-16)31-13-30-19/h3-10,12H,11,13H2,1-2H3,(H,25,28). The molecule has 162 valence electrons. The van der Waals surface area contributed by atoms with Crippen LogP contribution in [0.1, 0.15) is 11.3 Å². The van der Waals surface area contributed by atoms with E-state index in [0.29, 0.717) is 22.4 Å². The van der Waals surface area contributed by atoms with Crippen LogP contribution in [-0.2, 0) is 4.79 Å². The second kappa shape index (κ2) is 8.35. The van der Waals surface area contributed by atoms with Crippen LogP contribution in [-0.4, -0.2) is 34.1 Å². The number of carbonyl (C=O) groups is 1. The van der Waals surface area contributed by atoms with Gasteiger partial charge in [0.05, 0.1) is 11.4 Å². The van der Waals surface area contributed by atoms with Crippen LogP contribution in [0.4, 0.5) is 5.82 Å². The summed E-state index contributed by atoms with van der Waals surface area (Å²) in [5.74, 6) is 2.37. The minimum atomic E-state index is -0.276. The van der Waals surface area contributed by atoms with Gasteiger partial charge in [0.2, 0.25) is 11.9 Å². The predicted octanol–water partition coefficient (Wildman–Crippen LogP) is 4.36. The Morgan fingerprint density at radius 2 is 2.00 bits per heavy atom. The molecule has 9 heteroatoms. The summed E-state index contributed by atoms with van der Waals surface area (Å²) in [7, 11) is 0. The van der Waals surface area contributed by atoms with Gasteiger partial charge in [-0.25, -0.2) is 4.98 Å². The van der Waals surface area contributed by atoms with Crippen LogP contribution in [0.15, 0.2) is 53.9 Å². The third-order valence-corrected chi connectivity index (χ3v) is 5.71. The summed E-state index contributed by atoms with van der Waals surface area (Å²) in [6.45, 7) is 3.92. The van der Waals surface area contributed by atoms with Crippen molar-refractivity contribution in [2.75, 3.05) is 18.7 Å². The minimum absolute atomic E-state index is 0.102. The van der Waals surface area contributed by atoms with Gasteiger partial charge in [-0.3, -0.25) is 4.79 Å². The van der Waals surface area contributed by atoms with Crippen molar-refractivity contribution in [1.82, 2.24) is 14.8 Å². The number of rotatable bonds is 6. The monoisotopic (exact) mass is 448 g/mol. The SMILES string of the molecule is Cc1cc(NC(=O)COc2ccccc2C)n(-c2nc(-c3ccc4c(c3)OCO4)cs2)n1. The summed E-state index contributed by atoms with van der Waals surface area (Å²) >= 11 is 1.43. The first-order valence-corrected chi connectivity index (χ1v) is 10.9. The van der Waals surface area contributed by atoms with Crippen LogP contribution >= 0.6 is 11.3 Å². The molecule has 0 spiro atoms. The van der Waals surface area contributed by atoms with Gasteiger partial charge in [-0.05, 0) is 43.7 Å². The van der Waals surface area contributed by atoms with E-state index >= 15 is 0 Å². The number of fused-ring (bicyclic) bond motifs is 1. The molecule has 1 amide bonds. The van der Waals surface area contributed by atoms with Gasteiger partial charge in [0.25, 0.3) is 5.91 Å². The molecule has 4 aromatic rings. The normalized spacial score (nSPS) is 12.1. The quantitative estimate of drug-likeness (QED) is 0.472. The van der Waals surface area contributed by atoms with Crippen LogP contribution in [0.25, 0.3) is 16.4 Å². The highest BCUT2D eigenvalue weighted by Crippen LogP contribution is 2.36. The first-order valence-electron chi connectivity index (χ1n) is 9.98. The molecule has 8 nitrogen and oxygen atoms in total. The van der Waals surface area contributed by atoms with Gasteiger partial charge < -0.3 is 19.5 Å². The van der Waals surface area contributed by atoms with Crippen molar-refractivity contribution in [1.29, 1.82) is 0 Å². The number of hydrogen-bond acceptors (Lipinski definition) is 7. The number of ether oxygens (including phenoxy) is 3. The summed E-state index contributed by atoms with van der Waals surface area (Å²) in [5, 5.41) is 9.95. The molecule has 5 rings (SSSR count). The number of anilines is 1. The van der Waals surface area contributed by atoms with Crippen LogP contribution in [0.2, 0.25) is 0 Å². The van der Waals surface area contributed by atoms with E-state index in [1.54, 1.807) is 10.7 Å². The largest absolute Gasteiger partial charge is 0.483 e. The van der Waals surface area contributed by atoms with Crippen molar-refractivity contribution >= 4 is 23.1 Å². The molecular formula is C23H20N4O4S. The fourth-order valence-corrected chi connectivity index (χ4v) is 4.12. The van der Waals surface area contributed by atoms with Crippen molar-refractivity contribution in [2.24, 2.45) is 0 Å². The van der Waals surface area contributed by atoms with Crippen LogP contribution < -0.4 is 19.5 Å². The average molecular weight is 449 g/mol. The molecule has 1 N–H and O–H groups in total. The fraction of sp³-hybridized carbons (Fsp3) is 0.174. The number of thiazole rings is 1. The summed E-state index contributed by atoms with van der Waals surface area (Å²) in [6.07, 6.45) is 0. The zero-order valence-electron chi connectivity index (χ0n) is 17.5. The van der Waals surface area contributed by atoms with Crippen molar-refractivity contribution in [3.8, 4) is 33.6 Å². The first-order chi connectivity index (χ1) is 15.6. The van der Waals surface area contributed by atoms with E-state index in [1.165, 1.54) is 11.3 Å². The molecule has 0 saturated carbocycles. The molecule has 0 radical (unpaired) electrons. The summed E-state index contributed by atoms with van der Waals surface area (Å²) in [4.78, 5) is 17.2. The topological polar surface area (TPSA) is 87.5 Å². The highest BCUT2D eigenvalue weighted by molar-refractivity contribution is 7.12. The molecule has 0 aliphatic carbocycles. The Balaban J connectivity index is 1.32. The lowest BCUT2D eigenvalue weighted by atomic mass is 10.1. The summed E-state index contributed by atoms with van der Waals surface area (Å²) in [6, 6.07) is 15.1. The zero-order chi connectivity index (χ0) is 22.1. The number of nitrogens with zero attached hydrogens (tertiary/aromatic N) is 3. The van der Waals surface area contributed by atoms with E-state index in [-0.39, 0.29) is 19.3 Å². The fourth-order valence-electron chi connectivity index (χ4n) is 3.32. The van der Waals surface area contributed by atoms with Crippen LogP contribution in [0.5, 0.6) is 17.2 Å². The van der Waals surface area contributed by atoms with E-state index in [2.05, 4.69) is 10.4 Å². The van der Waals surface area contributed by atoms with Crippen molar-refractivity contribution < 1.29 is 19.0 Å². The van der Waals surface area contributed by atoms with Crippen molar-refractivity contribution in [3.05, 3.63) is 65.2 Å². The zero-order valence-corrected chi connectivity index (χ0v) is 18.3. The first kappa shape index (κ1) is 20.1. The number of aryl methyl sites for hydroxylation is 2. The number of para-hydroxylation sites is 1. The van der Waals surface area contributed by atoms with E-state index in [4.69, 9.17) is 19.2 Å². The average Bonchev–Trinajstić information content (AvgIpc) is 3.52. The molecule has 32 heavy (non-hydrogen) atoms. The third-order valence-electron chi connectivity index (χ3n) is 4.89. The van der Waals surface area contributed by atoms with Gasteiger partial charge >= 0.3 is 0 Å². The number of carbonyl (C=O) groups excluding carboxylic acids is 1. The number of benzene rings is 2. The van der Waals surface area contributed by atoms with Gasteiger partial charge in [0.15, 0.2) is 18.1 Å². The van der Waals surface area contributed by atoms with E-state index in [0.717, 1.165) is 28.3 Å². The molecular weight excluding hydrogens is 428 g/mol. The van der Waals surface area contributed by atoms with Crippen LogP contribution in [0.3, 0.4) is 0 Å². The van der Waals surface area contributed by atoms with Crippen molar-refractivity contribution in [3.63, 3.8) is 0 Å². The van der Waals surface area contributed by atoms with Gasteiger partial charge in [-0.2, -0.15) is 9.78 Å². The Hall–Kier alpha value is -3.85. The number of amides is 1. The Kier molecular flexibility index (Phi) is 5.24. The number of aromatic nitrogens is 3. The highest BCUT2D eigenvalue weighted by atomic mass is 32.1. The maximum Gasteiger partial charge on any atom is 0.263 e. The second-order valence-electron chi connectivity index (χ2n) is 7.27. The Labute approximate surface area is 188 Å². The lowest BCUT2D eigenvalue weighted by Crippen LogP contribution is -2.22. The van der Waals surface area contributed by atoms with Gasteiger partial charge in [0.1, 0.15) is 11.6 Å². The maximum absolute atomic E-state index is 12.5. The molecule has 0 saturated heterocycles. The highest BCUT2D eigenvalue weighted by Gasteiger charge is 2.17. The summed E-state index contributed by atoms with van der Waals surface area (Å²) in [5.41, 5.74) is 3.44. The Morgan fingerprint density at radius 1 is 1.16 bits per heavy atom. The molecule has 2 aromatic carbocycles. The molecule has 3 heterocycles. The van der Waals surface area contributed by atoms with E-state index in [9.17, 15) is 4.79 Å². The third kappa shape index (κ3) is 4.02. The second-order valence-corrected chi connectivity index (χ2v) is 8.11.